The van der Waals surface area contributed by atoms with Crippen LogP contribution < -0.4 is 4.74 Å². The lowest BCUT2D eigenvalue weighted by molar-refractivity contribution is 0.304. The van der Waals surface area contributed by atoms with E-state index in [1.54, 1.807) is 0 Å². The quantitative estimate of drug-likeness (QED) is 0.722. The van der Waals surface area contributed by atoms with Gasteiger partial charge in [-0.15, -0.1) is 0 Å². The third-order valence-electron chi connectivity index (χ3n) is 3.03. The zero-order valence-corrected chi connectivity index (χ0v) is 13.5. The highest BCUT2D eigenvalue weighted by Crippen LogP contribution is 2.26. The first-order chi connectivity index (χ1) is 9.34. The van der Waals surface area contributed by atoms with Crippen LogP contribution in [0.5, 0.6) is 5.75 Å². The standard InChI is InChI=1S/C17H18BrFO/c1-17(2,3)13-5-4-6-16(9-13)20-11-12-7-14(18)10-15(19)8-12/h4-10H,11H2,1-3H3. The van der Waals surface area contributed by atoms with Gasteiger partial charge in [-0.2, -0.15) is 0 Å². The molecule has 0 aromatic heterocycles. The highest BCUT2D eigenvalue weighted by molar-refractivity contribution is 9.10. The Morgan fingerprint density at radius 1 is 1.10 bits per heavy atom. The second-order valence-corrected chi connectivity index (χ2v) is 6.76. The van der Waals surface area contributed by atoms with Crippen LogP contribution >= 0.6 is 15.9 Å². The molecule has 0 amide bonds. The second-order valence-electron chi connectivity index (χ2n) is 5.84. The van der Waals surface area contributed by atoms with Crippen molar-refractivity contribution in [2.75, 3.05) is 0 Å². The van der Waals surface area contributed by atoms with Gasteiger partial charge in [-0.1, -0.05) is 48.8 Å². The lowest BCUT2D eigenvalue weighted by Crippen LogP contribution is -2.11. The molecule has 2 aromatic carbocycles. The van der Waals surface area contributed by atoms with Gasteiger partial charge in [0.05, 0.1) is 0 Å². The van der Waals surface area contributed by atoms with Crippen LogP contribution in [0.15, 0.2) is 46.9 Å². The number of halogens is 2. The maximum absolute atomic E-state index is 13.3. The van der Waals surface area contributed by atoms with Crippen LogP contribution in [-0.4, -0.2) is 0 Å². The Bertz CT molecular complexity index is 582. The minimum absolute atomic E-state index is 0.0846. The summed E-state index contributed by atoms with van der Waals surface area (Å²) in [5, 5.41) is 0. The van der Waals surface area contributed by atoms with Crippen LogP contribution in [0.4, 0.5) is 4.39 Å². The van der Waals surface area contributed by atoms with E-state index in [1.165, 1.54) is 17.7 Å². The molecule has 0 heterocycles. The van der Waals surface area contributed by atoms with E-state index < -0.39 is 0 Å². The van der Waals surface area contributed by atoms with Gasteiger partial charge < -0.3 is 4.74 Å². The van der Waals surface area contributed by atoms with Crippen molar-refractivity contribution in [3.05, 3.63) is 63.9 Å². The average molecular weight is 337 g/mol. The fourth-order valence-electron chi connectivity index (χ4n) is 1.91. The first kappa shape index (κ1) is 15.0. The van der Waals surface area contributed by atoms with E-state index in [0.29, 0.717) is 6.61 Å². The van der Waals surface area contributed by atoms with E-state index in [4.69, 9.17) is 4.74 Å². The Labute approximate surface area is 127 Å². The van der Waals surface area contributed by atoms with Gasteiger partial charge in [-0.25, -0.2) is 4.39 Å². The summed E-state index contributed by atoms with van der Waals surface area (Å²) in [6.07, 6.45) is 0. The molecule has 0 aliphatic rings. The lowest BCUT2D eigenvalue weighted by Gasteiger charge is -2.19. The van der Waals surface area contributed by atoms with E-state index >= 15 is 0 Å². The molecule has 0 saturated heterocycles. The van der Waals surface area contributed by atoms with Gasteiger partial charge >= 0.3 is 0 Å². The molecule has 20 heavy (non-hydrogen) atoms. The predicted octanol–water partition coefficient (Wildman–Crippen LogP) is 5.46. The molecule has 0 spiro atoms. The maximum Gasteiger partial charge on any atom is 0.124 e. The molecule has 1 nitrogen and oxygen atoms in total. The molecule has 0 aliphatic carbocycles. The summed E-state index contributed by atoms with van der Waals surface area (Å²) >= 11 is 3.28. The minimum Gasteiger partial charge on any atom is -0.489 e. The molecule has 0 radical (unpaired) electrons. The maximum atomic E-state index is 13.3. The number of rotatable bonds is 3. The Morgan fingerprint density at radius 3 is 2.50 bits per heavy atom. The normalized spacial score (nSPS) is 11.4. The van der Waals surface area contributed by atoms with Crippen molar-refractivity contribution in [3.8, 4) is 5.75 Å². The molecule has 0 fully saturated rings. The SMILES string of the molecule is CC(C)(C)c1cccc(OCc2cc(F)cc(Br)c2)c1. The van der Waals surface area contributed by atoms with Crippen LogP contribution in [0.3, 0.4) is 0 Å². The minimum atomic E-state index is -0.263. The summed E-state index contributed by atoms with van der Waals surface area (Å²) in [6.45, 7) is 6.84. The van der Waals surface area contributed by atoms with Crippen molar-refractivity contribution >= 4 is 15.9 Å². The number of ether oxygens (including phenoxy) is 1. The van der Waals surface area contributed by atoms with Gasteiger partial charge in [0.15, 0.2) is 0 Å². The van der Waals surface area contributed by atoms with Gasteiger partial charge in [-0.3, -0.25) is 0 Å². The van der Waals surface area contributed by atoms with Crippen molar-refractivity contribution < 1.29 is 9.13 Å². The van der Waals surface area contributed by atoms with Gasteiger partial charge in [0.25, 0.3) is 0 Å². The highest BCUT2D eigenvalue weighted by Gasteiger charge is 2.13. The largest absolute Gasteiger partial charge is 0.489 e. The topological polar surface area (TPSA) is 9.23 Å². The fraction of sp³-hybridized carbons (Fsp3) is 0.294. The van der Waals surface area contributed by atoms with Gasteiger partial charge in [-0.05, 0) is 46.9 Å². The van der Waals surface area contributed by atoms with Crippen molar-refractivity contribution in [2.45, 2.75) is 32.8 Å². The molecular weight excluding hydrogens is 319 g/mol. The molecule has 0 unspecified atom stereocenters. The van der Waals surface area contributed by atoms with Crippen LogP contribution in [0.25, 0.3) is 0 Å². The molecule has 0 saturated carbocycles. The summed E-state index contributed by atoms with van der Waals surface area (Å²) in [4.78, 5) is 0. The van der Waals surface area contributed by atoms with E-state index in [-0.39, 0.29) is 11.2 Å². The lowest BCUT2D eigenvalue weighted by atomic mass is 9.87. The highest BCUT2D eigenvalue weighted by atomic mass is 79.9. The molecule has 0 atom stereocenters. The third-order valence-corrected chi connectivity index (χ3v) is 3.49. The summed E-state index contributed by atoms with van der Waals surface area (Å²) < 4.78 is 19.8. The van der Waals surface area contributed by atoms with Crippen LogP contribution in [-0.2, 0) is 12.0 Å². The van der Waals surface area contributed by atoms with E-state index in [1.807, 2.05) is 24.3 Å². The Morgan fingerprint density at radius 2 is 1.85 bits per heavy atom. The van der Waals surface area contributed by atoms with E-state index in [9.17, 15) is 4.39 Å². The molecule has 2 rings (SSSR count). The van der Waals surface area contributed by atoms with Crippen LogP contribution in [0.1, 0.15) is 31.9 Å². The molecule has 0 bridgehead atoms. The van der Waals surface area contributed by atoms with Crippen molar-refractivity contribution in [2.24, 2.45) is 0 Å². The van der Waals surface area contributed by atoms with Crippen LogP contribution in [0, 0.1) is 5.82 Å². The average Bonchev–Trinajstić information content (AvgIpc) is 2.35. The Balaban J connectivity index is 2.11. The predicted molar refractivity (Wildman–Crippen MR) is 83.6 cm³/mol. The smallest absolute Gasteiger partial charge is 0.124 e. The second kappa shape index (κ2) is 5.96. The van der Waals surface area contributed by atoms with E-state index in [2.05, 4.69) is 42.8 Å². The van der Waals surface area contributed by atoms with Crippen molar-refractivity contribution in [1.82, 2.24) is 0 Å². The number of benzene rings is 2. The van der Waals surface area contributed by atoms with Crippen molar-refractivity contribution in [1.29, 1.82) is 0 Å². The number of hydrogen-bond donors (Lipinski definition) is 0. The summed E-state index contributed by atoms with van der Waals surface area (Å²) in [5.74, 6) is 0.541. The third kappa shape index (κ3) is 4.07. The monoisotopic (exact) mass is 336 g/mol. The van der Waals surface area contributed by atoms with Crippen LogP contribution in [0.2, 0.25) is 0 Å². The molecule has 0 aliphatic heterocycles. The first-order valence-corrected chi connectivity index (χ1v) is 7.32. The van der Waals surface area contributed by atoms with Gasteiger partial charge in [0.1, 0.15) is 18.2 Å². The zero-order valence-electron chi connectivity index (χ0n) is 11.9. The van der Waals surface area contributed by atoms with Gasteiger partial charge in [0.2, 0.25) is 0 Å². The summed E-state index contributed by atoms with van der Waals surface area (Å²) in [5.41, 5.74) is 2.11. The zero-order chi connectivity index (χ0) is 14.8. The summed E-state index contributed by atoms with van der Waals surface area (Å²) in [7, 11) is 0. The fourth-order valence-corrected chi connectivity index (χ4v) is 2.43. The number of hydrogen-bond acceptors (Lipinski definition) is 1. The summed E-state index contributed by atoms with van der Waals surface area (Å²) in [6, 6.07) is 12.8. The molecule has 106 valence electrons. The Hall–Kier alpha value is -1.35. The molecule has 0 N–H and O–H groups in total. The van der Waals surface area contributed by atoms with Gasteiger partial charge in [0, 0.05) is 4.47 Å². The molecule has 3 heteroatoms. The molecule has 2 aromatic rings. The Kier molecular flexibility index (Phi) is 4.48. The molecular formula is C17H18BrFO. The van der Waals surface area contributed by atoms with Crippen molar-refractivity contribution in [3.63, 3.8) is 0 Å². The first-order valence-electron chi connectivity index (χ1n) is 6.53. The van der Waals surface area contributed by atoms with E-state index in [0.717, 1.165) is 15.8 Å².